The molecule has 0 aliphatic heterocycles. The molecule has 0 spiro atoms. The molecular weight excluding hydrogens is 410 g/mol. The van der Waals surface area contributed by atoms with Crippen LogP contribution in [0.3, 0.4) is 0 Å². The fraction of sp³-hybridized carbons (Fsp3) is 0.214. The zero-order valence-corrected chi connectivity index (χ0v) is 20.0. The highest BCUT2D eigenvalue weighted by Gasteiger charge is 2.15. The molecule has 4 aromatic rings. The lowest BCUT2D eigenvalue weighted by Gasteiger charge is -2.16. The van der Waals surface area contributed by atoms with Gasteiger partial charge in [0.1, 0.15) is 5.75 Å². The number of rotatable bonds is 5. The van der Waals surface area contributed by atoms with Gasteiger partial charge in [0.05, 0.1) is 24.6 Å². The van der Waals surface area contributed by atoms with Crippen LogP contribution in [0.2, 0.25) is 0 Å². The molecule has 0 saturated heterocycles. The van der Waals surface area contributed by atoms with Gasteiger partial charge in [-0.05, 0) is 74.7 Å². The number of fused-ring (bicyclic) bond motifs is 1. The first-order valence-corrected chi connectivity index (χ1v) is 11.0. The van der Waals surface area contributed by atoms with Crippen molar-refractivity contribution >= 4 is 22.9 Å². The molecule has 0 radical (unpaired) electrons. The van der Waals surface area contributed by atoms with E-state index >= 15 is 0 Å². The zero-order valence-electron chi connectivity index (χ0n) is 20.0. The number of ether oxygens (including phenoxy) is 1. The van der Waals surface area contributed by atoms with Crippen LogP contribution in [0.5, 0.6) is 5.75 Å². The smallest absolute Gasteiger partial charge is 0.275 e. The monoisotopic (exact) mass is 439 g/mol. The Hall–Kier alpha value is -3.86. The second kappa shape index (κ2) is 8.94. The molecular formula is C28H29N3O2. The summed E-state index contributed by atoms with van der Waals surface area (Å²) in [5.74, 6) is 0.206. The molecule has 0 atom stereocenters. The van der Waals surface area contributed by atoms with Gasteiger partial charge in [-0.2, -0.15) is 5.10 Å². The van der Waals surface area contributed by atoms with Crippen LogP contribution in [-0.4, -0.2) is 23.8 Å². The Bertz CT molecular complexity index is 1370. The van der Waals surface area contributed by atoms with Gasteiger partial charge in [-0.15, -0.1) is 0 Å². The minimum atomic E-state index is -0.312. The Morgan fingerprint density at radius 1 is 0.939 bits per heavy atom. The molecule has 33 heavy (non-hydrogen) atoms. The second-order valence-electron chi connectivity index (χ2n) is 8.51. The van der Waals surface area contributed by atoms with E-state index in [9.17, 15) is 4.79 Å². The van der Waals surface area contributed by atoms with Crippen molar-refractivity contribution in [3.63, 3.8) is 0 Å². The molecule has 0 unspecified atom stereocenters. The average molecular weight is 440 g/mol. The standard InChI is InChI=1S/C28H29N3O2/c1-17-11-18(2)27(19(3)12-17)31-20(4)13-24(21(31)5)16-29-30-28(32)25-14-22-9-7-8-10-23(22)15-26(25)33-6/h7-16H,1-6H3,(H,30,32)/b29-16-. The third-order valence-corrected chi connectivity index (χ3v) is 6.01. The molecule has 1 amide bonds. The molecule has 5 nitrogen and oxygen atoms in total. The number of aryl methyl sites for hydroxylation is 4. The van der Waals surface area contributed by atoms with Crippen LogP contribution in [0, 0.1) is 34.6 Å². The van der Waals surface area contributed by atoms with Gasteiger partial charge in [-0.1, -0.05) is 42.0 Å². The van der Waals surface area contributed by atoms with Gasteiger partial charge in [0.2, 0.25) is 0 Å². The second-order valence-corrected chi connectivity index (χ2v) is 8.51. The minimum Gasteiger partial charge on any atom is -0.496 e. The molecule has 3 aromatic carbocycles. The average Bonchev–Trinajstić information content (AvgIpc) is 3.05. The first-order chi connectivity index (χ1) is 15.8. The number of nitrogens with zero attached hydrogens (tertiary/aromatic N) is 2. The summed E-state index contributed by atoms with van der Waals surface area (Å²) in [5, 5.41) is 6.24. The number of hydrogen-bond acceptors (Lipinski definition) is 3. The molecule has 1 aromatic heterocycles. The number of hydrogen-bond donors (Lipinski definition) is 1. The summed E-state index contributed by atoms with van der Waals surface area (Å²) in [6, 6.07) is 18.0. The number of carbonyl (C=O) groups is 1. The summed E-state index contributed by atoms with van der Waals surface area (Å²) >= 11 is 0. The number of carbonyl (C=O) groups excluding carboxylic acids is 1. The van der Waals surface area contributed by atoms with Crippen LogP contribution in [0.25, 0.3) is 16.5 Å². The van der Waals surface area contributed by atoms with Crippen molar-refractivity contribution in [1.29, 1.82) is 0 Å². The van der Waals surface area contributed by atoms with Crippen LogP contribution in [-0.2, 0) is 0 Å². The van der Waals surface area contributed by atoms with Gasteiger partial charge in [-0.25, -0.2) is 5.43 Å². The highest BCUT2D eigenvalue weighted by Crippen LogP contribution is 2.27. The highest BCUT2D eigenvalue weighted by atomic mass is 16.5. The Kier molecular flexibility index (Phi) is 6.05. The Balaban J connectivity index is 1.61. The van der Waals surface area contributed by atoms with E-state index < -0.39 is 0 Å². The summed E-state index contributed by atoms with van der Waals surface area (Å²) in [6.07, 6.45) is 1.70. The van der Waals surface area contributed by atoms with Gasteiger partial charge in [-0.3, -0.25) is 4.79 Å². The largest absolute Gasteiger partial charge is 0.496 e. The van der Waals surface area contributed by atoms with Crippen molar-refractivity contribution in [2.45, 2.75) is 34.6 Å². The van der Waals surface area contributed by atoms with E-state index in [1.807, 2.05) is 36.4 Å². The van der Waals surface area contributed by atoms with Crippen molar-refractivity contribution in [3.8, 4) is 11.4 Å². The minimum absolute atomic E-state index is 0.312. The molecule has 4 rings (SSSR count). The Labute approximate surface area is 194 Å². The fourth-order valence-corrected chi connectivity index (χ4v) is 4.57. The number of aromatic nitrogens is 1. The van der Waals surface area contributed by atoms with E-state index in [2.05, 4.69) is 67.9 Å². The van der Waals surface area contributed by atoms with Gasteiger partial charge in [0.15, 0.2) is 0 Å². The summed E-state index contributed by atoms with van der Waals surface area (Å²) < 4.78 is 7.69. The predicted molar refractivity (Wildman–Crippen MR) is 135 cm³/mol. The molecule has 1 heterocycles. The molecule has 0 aliphatic carbocycles. The lowest BCUT2D eigenvalue weighted by molar-refractivity contribution is 0.0952. The van der Waals surface area contributed by atoms with Crippen molar-refractivity contribution in [3.05, 3.63) is 93.8 Å². The van der Waals surface area contributed by atoms with Gasteiger partial charge < -0.3 is 9.30 Å². The van der Waals surface area contributed by atoms with E-state index in [0.717, 1.165) is 27.7 Å². The number of amides is 1. The number of nitrogens with one attached hydrogen (secondary N) is 1. The first kappa shape index (κ1) is 22.3. The van der Waals surface area contributed by atoms with Crippen molar-refractivity contribution < 1.29 is 9.53 Å². The topological polar surface area (TPSA) is 55.6 Å². The number of hydrazone groups is 1. The zero-order chi connectivity index (χ0) is 23.7. The maximum atomic E-state index is 12.8. The maximum absolute atomic E-state index is 12.8. The third kappa shape index (κ3) is 4.27. The lowest BCUT2D eigenvalue weighted by atomic mass is 10.0. The summed E-state index contributed by atoms with van der Waals surface area (Å²) in [4.78, 5) is 12.8. The number of benzene rings is 3. The van der Waals surface area contributed by atoms with E-state index in [1.165, 1.54) is 22.4 Å². The van der Waals surface area contributed by atoms with Crippen LogP contribution >= 0.6 is 0 Å². The first-order valence-electron chi connectivity index (χ1n) is 11.0. The summed E-state index contributed by atoms with van der Waals surface area (Å²) in [6.45, 7) is 10.5. The fourth-order valence-electron chi connectivity index (χ4n) is 4.57. The van der Waals surface area contributed by atoms with Crippen molar-refractivity contribution in [2.75, 3.05) is 7.11 Å². The molecule has 0 fully saturated rings. The summed E-state index contributed by atoms with van der Waals surface area (Å²) in [7, 11) is 1.56. The normalized spacial score (nSPS) is 11.3. The van der Waals surface area contributed by atoms with Crippen LogP contribution in [0.4, 0.5) is 0 Å². The van der Waals surface area contributed by atoms with Crippen LogP contribution < -0.4 is 10.2 Å². The van der Waals surface area contributed by atoms with Crippen molar-refractivity contribution in [1.82, 2.24) is 9.99 Å². The maximum Gasteiger partial charge on any atom is 0.275 e. The molecule has 168 valence electrons. The SMILES string of the molecule is COc1cc2ccccc2cc1C(=O)N/N=C\c1cc(C)n(-c2c(C)cc(C)cc2C)c1C. The molecule has 1 N–H and O–H groups in total. The van der Waals surface area contributed by atoms with Crippen LogP contribution in [0.15, 0.2) is 59.7 Å². The van der Waals surface area contributed by atoms with Gasteiger partial charge >= 0.3 is 0 Å². The molecule has 5 heteroatoms. The quantitative estimate of drug-likeness (QED) is 0.309. The highest BCUT2D eigenvalue weighted by molar-refractivity contribution is 6.02. The summed E-state index contributed by atoms with van der Waals surface area (Å²) in [5.41, 5.74) is 11.2. The van der Waals surface area contributed by atoms with E-state index in [-0.39, 0.29) is 5.91 Å². The van der Waals surface area contributed by atoms with E-state index in [1.54, 1.807) is 13.3 Å². The molecule has 0 saturated carbocycles. The van der Waals surface area contributed by atoms with Crippen molar-refractivity contribution in [2.24, 2.45) is 5.10 Å². The third-order valence-electron chi connectivity index (χ3n) is 6.01. The lowest BCUT2D eigenvalue weighted by Crippen LogP contribution is -2.18. The predicted octanol–water partition coefficient (Wildman–Crippen LogP) is 5.95. The Morgan fingerprint density at radius 3 is 2.21 bits per heavy atom. The molecule has 0 aliphatic rings. The Morgan fingerprint density at radius 2 is 1.58 bits per heavy atom. The van der Waals surface area contributed by atoms with E-state index in [4.69, 9.17) is 4.74 Å². The number of methoxy groups -OCH3 is 1. The molecule has 0 bridgehead atoms. The van der Waals surface area contributed by atoms with Gasteiger partial charge in [0.25, 0.3) is 5.91 Å². The van der Waals surface area contributed by atoms with E-state index in [0.29, 0.717) is 11.3 Å². The van der Waals surface area contributed by atoms with Crippen LogP contribution in [0.1, 0.15) is 44.0 Å². The van der Waals surface area contributed by atoms with Gasteiger partial charge in [0, 0.05) is 17.0 Å².